The molecule has 4 atom stereocenters. The second-order valence-electron chi connectivity index (χ2n) is 5.04. The van der Waals surface area contributed by atoms with Gasteiger partial charge in [-0.05, 0) is 42.6 Å². The van der Waals surface area contributed by atoms with Crippen molar-refractivity contribution in [3.05, 3.63) is 25.0 Å². The minimum Gasteiger partial charge on any atom is -0.502 e. The predicted molar refractivity (Wildman–Crippen MR) is 72.9 cm³/mol. The maximum Gasteiger partial charge on any atom is 0.0873 e. The van der Waals surface area contributed by atoms with Crippen molar-refractivity contribution in [2.45, 2.75) is 26.2 Å². The fourth-order valence-corrected chi connectivity index (χ4v) is 2.78. The highest BCUT2D eigenvalue weighted by molar-refractivity contribution is 5.03. The molecule has 0 aromatic rings. The van der Waals surface area contributed by atoms with Crippen LogP contribution in [-0.4, -0.2) is 30.0 Å². The fourth-order valence-electron chi connectivity index (χ4n) is 2.78. The average molecular weight is 254 g/mol. The lowest BCUT2D eigenvalue weighted by Crippen LogP contribution is -2.23. The number of hydrogen-bond acceptors (Lipinski definition) is 3. The van der Waals surface area contributed by atoms with Crippen molar-refractivity contribution in [3.63, 3.8) is 0 Å². The van der Waals surface area contributed by atoms with Gasteiger partial charge in [-0.3, -0.25) is 0 Å². The molecule has 0 amide bonds. The Morgan fingerprint density at radius 3 is 2.44 bits per heavy atom. The van der Waals surface area contributed by atoms with E-state index in [9.17, 15) is 10.2 Å². The highest BCUT2D eigenvalue weighted by Gasteiger charge is 2.39. The summed E-state index contributed by atoms with van der Waals surface area (Å²) in [7, 11) is 0. The van der Waals surface area contributed by atoms with Crippen LogP contribution in [-0.2, 0) is 4.74 Å². The van der Waals surface area contributed by atoms with Crippen LogP contribution >= 0.6 is 0 Å². The Morgan fingerprint density at radius 1 is 1.22 bits per heavy atom. The van der Waals surface area contributed by atoms with Gasteiger partial charge in [-0.2, -0.15) is 0 Å². The summed E-state index contributed by atoms with van der Waals surface area (Å²) in [6.07, 6.45) is 8.81. The first-order valence-electron chi connectivity index (χ1n) is 6.91. The van der Waals surface area contributed by atoms with Crippen molar-refractivity contribution >= 4 is 0 Å². The first-order valence-corrected chi connectivity index (χ1v) is 6.91. The average Bonchev–Trinajstić information content (AvgIpc) is 2.75. The van der Waals surface area contributed by atoms with Crippen molar-refractivity contribution in [2.75, 3.05) is 19.8 Å². The normalized spacial score (nSPS) is 31.9. The summed E-state index contributed by atoms with van der Waals surface area (Å²) in [4.78, 5) is 0. The Labute approximate surface area is 110 Å². The SMILES string of the molecule is C=C[C@@H]1C[C@H](/C=C\OCCCC)[C@@H](CO)[C@H]1CO. The molecule has 1 aliphatic carbocycles. The Hall–Kier alpha value is -0.800. The molecule has 0 heterocycles. The van der Waals surface area contributed by atoms with Crippen LogP contribution in [0.5, 0.6) is 0 Å². The molecule has 1 rings (SSSR count). The zero-order valence-corrected chi connectivity index (χ0v) is 11.3. The molecular formula is C15H26O3. The van der Waals surface area contributed by atoms with Crippen LogP contribution in [0.4, 0.5) is 0 Å². The molecular weight excluding hydrogens is 228 g/mol. The van der Waals surface area contributed by atoms with Crippen LogP contribution in [0.25, 0.3) is 0 Å². The van der Waals surface area contributed by atoms with Crippen LogP contribution in [0.2, 0.25) is 0 Å². The lowest BCUT2D eigenvalue weighted by atomic mass is 9.88. The number of ether oxygens (including phenoxy) is 1. The summed E-state index contributed by atoms with van der Waals surface area (Å²) in [5.74, 6) is 0.802. The van der Waals surface area contributed by atoms with Gasteiger partial charge >= 0.3 is 0 Å². The largest absolute Gasteiger partial charge is 0.502 e. The minimum absolute atomic E-state index is 0.111. The lowest BCUT2D eigenvalue weighted by Gasteiger charge is -2.20. The van der Waals surface area contributed by atoms with Gasteiger partial charge in [-0.15, -0.1) is 6.58 Å². The molecule has 0 saturated heterocycles. The van der Waals surface area contributed by atoms with Crippen LogP contribution < -0.4 is 0 Å². The van der Waals surface area contributed by atoms with Gasteiger partial charge in [0.25, 0.3) is 0 Å². The summed E-state index contributed by atoms with van der Waals surface area (Å²) in [5.41, 5.74) is 0. The number of unbranched alkanes of at least 4 members (excludes halogenated alkanes) is 1. The van der Waals surface area contributed by atoms with Crippen LogP contribution in [0.15, 0.2) is 25.0 Å². The molecule has 1 saturated carbocycles. The first kappa shape index (κ1) is 15.3. The highest BCUT2D eigenvalue weighted by atomic mass is 16.5. The smallest absolute Gasteiger partial charge is 0.0873 e. The molecule has 1 aliphatic rings. The third-order valence-corrected chi connectivity index (χ3v) is 3.96. The van der Waals surface area contributed by atoms with Gasteiger partial charge in [0.2, 0.25) is 0 Å². The Balaban J connectivity index is 2.51. The first-order chi connectivity index (χ1) is 8.78. The molecule has 0 aromatic heterocycles. The molecule has 3 nitrogen and oxygen atoms in total. The quantitative estimate of drug-likeness (QED) is 0.397. The summed E-state index contributed by atoms with van der Waals surface area (Å²) in [6.45, 7) is 6.92. The molecule has 0 unspecified atom stereocenters. The second-order valence-corrected chi connectivity index (χ2v) is 5.04. The van der Waals surface area contributed by atoms with E-state index >= 15 is 0 Å². The zero-order chi connectivity index (χ0) is 13.4. The van der Waals surface area contributed by atoms with Gasteiger partial charge in [-0.25, -0.2) is 0 Å². The van der Waals surface area contributed by atoms with Crippen molar-refractivity contribution in [3.8, 4) is 0 Å². The van der Waals surface area contributed by atoms with Crippen molar-refractivity contribution in [1.29, 1.82) is 0 Å². The standard InChI is InChI=1S/C15H26O3/c1-3-5-7-18-8-6-13-9-12(4-2)14(10-16)15(13)11-17/h4,6,8,12-17H,2-3,5,7,9-11H2,1H3/b8-6-/t12-,13+,14+,15-/m1/s1. The Bertz CT molecular complexity index is 262. The maximum atomic E-state index is 9.47. The fraction of sp³-hybridized carbons (Fsp3) is 0.733. The van der Waals surface area contributed by atoms with E-state index in [1.54, 1.807) is 6.26 Å². The van der Waals surface area contributed by atoms with Crippen molar-refractivity contribution < 1.29 is 14.9 Å². The number of hydrogen-bond donors (Lipinski definition) is 2. The van der Waals surface area contributed by atoms with E-state index in [1.807, 2.05) is 12.2 Å². The van der Waals surface area contributed by atoms with Gasteiger partial charge in [0, 0.05) is 13.2 Å². The second kappa shape index (κ2) is 8.33. The number of aliphatic hydroxyl groups is 2. The molecule has 3 heteroatoms. The van der Waals surface area contributed by atoms with Crippen molar-refractivity contribution in [2.24, 2.45) is 23.7 Å². The van der Waals surface area contributed by atoms with E-state index in [1.165, 1.54) is 0 Å². The monoisotopic (exact) mass is 254 g/mol. The van der Waals surface area contributed by atoms with Gasteiger partial charge in [0.1, 0.15) is 0 Å². The molecule has 0 aromatic carbocycles. The third kappa shape index (κ3) is 3.85. The molecule has 0 aliphatic heterocycles. The minimum atomic E-state index is 0.111. The van der Waals surface area contributed by atoms with E-state index in [-0.39, 0.29) is 36.9 Å². The van der Waals surface area contributed by atoms with Crippen LogP contribution in [0.1, 0.15) is 26.2 Å². The van der Waals surface area contributed by atoms with E-state index in [4.69, 9.17) is 4.74 Å². The summed E-state index contributed by atoms with van der Waals surface area (Å²) in [5, 5.41) is 18.9. The van der Waals surface area contributed by atoms with Gasteiger partial charge in [-0.1, -0.05) is 19.4 Å². The lowest BCUT2D eigenvalue weighted by molar-refractivity contribution is 0.117. The topological polar surface area (TPSA) is 49.7 Å². The number of rotatable bonds is 8. The molecule has 18 heavy (non-hydrogen) atoms. The predicted octanol–water partition coefficient (Wildman–Crippen LogP) is 2.36. The van der Waals surface area contributed by atoms with Gasteiger partial charge in [0.05, 0.1) is 12.9 Å². The number of allylic oxidation sites excluding steroid dienone is 2. The molecule has 2 N–H and O–H groups in total. The van der Waals surface area contributed by atoms with Gasteiger partial charge < -0.3 is 14.9 Å². The number of aliphatic hydroxyl groups excluding tert-OH is 2. The molecule has 0 bridgehead atoms. The van der Waals surface area contributed by atoms with Crippen LogP contribution in [0.3, 0.4) is 0 Å². The highest BCUT2D eigenvalue weighted by Crippen LogP contribution is 2.42. The molecule has 1 fully saturated rings. The summed E-state index contributed by atoms with van der Waals surface area (Å²) in [6, 6.07) is 0. The van der Waals surface area contributed by atoms with Crippen LogP contribution in [0, 0.1) is 23.7 Å². The molecule has 0 radical (unpaired) electrons. The van der Waals surface area contributed by atoms with E-state index in [2.05, 4.69) is 13.5 Å². The maximum absolute atomic E-state index is 9.47. The summed E-state index contributed by atoms with van der Waals surface area (Å²) >= 11 is 0. The van der Waals surface area contributed by atoms with Crippen molar-refractivity contribution in [1.82, 2.24) is 0 Å². The van der Waals surface area contributed by atoms with E-state index < -0.39 is 0 Å². The van der Waals surface area contributed by atoms with E-state index in [0.29, 0.717) is 0 Å². The third-order valence-electron chi connectivity index (χ3n) is 3.96. The Kier molecular flexibility index (Phi) is 7.06. The molecule has 104 valence electrons. The Morgan fingerprint density at radius 2 is 1.89 bits per heavy atom. The zero-order valence-electron chi connectivity index (χ0n) is 11.3. The molecule has 0 spiro atoms. The summed E-state index contributed by atoms with van der Waals surface area (Å²) < 4.78 is 5.42. The van der Waals surface area contributed by atoms with E-state index in [0.717, 1.165) is 25.9 Å². The van der Waals surface area contributed by atoms with Gasteiger partial charge in [0.15, 0.2) is 0 Å².